The van der Waals surface area contributed by atoms with Gasteiger partial charge in [0.2, 0.25) is 0 Å². The summed E-state index contributed by atoms with van der Waals surface area (Å²) in [5, 5.41) is 0. The average Bonchev–Trinajstić information content (AvgIpc) is 2.34. The highest BCUT2D eigenvalue weighted by atomic mass is 16.5. The van der Waals surface area contributed by atoms with Gasteiger partial charge in [0.15, 0.2) is 0 Å². The van der Waals surface area contributed by atoms with Crippen LogP contribution in [0.15, 0.2) is 18.2 Å². The number of nitrogens with two attached hydrogens (primary N) is 1. The van der Waals surface area contributed by atoms with Crippen LogP contribution in [0, 0.1) is 11.8 Å². The lowest BCUT2D eigenvalue weighted by atomic mass is 10.1. The minimum absolute atomic E-state index is 0.0619. The fourth-order valence-electron chi connectivity index (χ4n) is 1.48. The van der Waals surface area contributed by atoms with Crippen molar-refractivity contribution >= 4 is 0 Å². The van der Waals surface area contributed by atoms with Gasteiger partial charge in [-0.1, -0.05) is 6.07 Å². The van der Waals surface area contributed by atoms with Crippen molar-refractivity contribution in [3.05, 3.63) is 23.8 Å². The molecule has 3 heteroatoms. The summed E-state index contributed by atoms with van der Waals surface area (Å²) in [6.07, 6.45) is 0.714. The monoisotopic (exact) mass is 233 g/mol. The van der Waals surface area contributed by atoms with E-state index in [4.69, 9.17) is 15.2 Å². The zero-order chi connectivity index (χ0) is 12.7. The van der Waals surface area contributed by atoms with Crippen LogP contribution in [0.1, 0.15) is 31.9 Å². The minimum atomic E-state index is -0.0619. The molecule has 0 aliphatic heterocycles. The molecule has 0 heterocycles. The molecular weight excluding hydrogens is 214 g/mol. The molecule has 0 aliphatic rings. The zero-order valence-corrected chi connectivity index (χ0v) is 10.6. The van der Waals surface area contributed by atoms with Gasteiger partial charge in [0.1, 0.15) is 11.5 Å². The van der Waals surface area contributed by atoms with Crippen molar-refractivity contribution in [2.45, 2.75) is 26.3 Å². The first-order valence-electron chi connectivity index (χ1n) is 5.65. The van der Waals surface area contributed by atoms with E-state index >= 15 is 0 Å². The lowest BCUT2D eigenvalue weighted by Crippen LogP contribution is -2.08. The molecule has 3 nitrogen and oxygen atoms in total. The van der Waals surface area contributed by atoms with Gasteiger partial charge >= 0.3 is 0 Å². The third kappa shape index (κ3) is 4.01. The van der Waals surface area contributed by atoms with Crippen molar-refractivity contribution in [1.82, 2.24) is 0 Å². The van der Waals surface area contributed by atoms with E-state index in [0.717, 1.165) is 17.1 Å². The second kappa shape index (κ2) is 6.82. The number of benzene rings is 1. The molecule has 0 saturated heterocycles. The van der Waals surface area contributed by atoms with Crippen LogP contribution in [0.4, 0.5) is 0 Å². The highest BCUT2D eigenvalue weighted by Crippen LogP contribution is 2.28. The standard InChI is InChI=1S/C14H19NO2/c1-4-5-6-9-17-14-10-12(16-3)7-8-13(14)11(2)15/h7-8,10-11H,6,9,15H2,1-3H3/t11-/m0/s1. The Bertz CT molecular complexity index is 416. The Morgan fingerprint density at radius 3 is 2.76 bits per heavy atom. The largest absolute Gasteiger partial charge is 0.497 e. The molecule has 92 valence electrons. The van der Waals surface area contributed by atoms with Gasteiger partial charge < -0.3 is 15.2 Å². The Kier molecular flexibility index (Phi) is 5.38. The minimum Gasteiger partial charge on any atom is -0.497 e. The Hall–Kier alpha value is -1.66. The van der Waals surface area contributed by atoms with Gasteiger partial charge in [0.25, 0.3) is 0 Å². The Balaban J connectivity index is 2.80. The molecule has 0 saturated carbocycles. The van der Waals surface area contributed by atoms with Crippen LogP contribution < -0.4 is 15.2 Å². The molecule has 0 amide bonds. The van der Waals surface area contributed by atoms with Gasteiger partial charge in [-0.05, 0) is 19.9 Å². The molecule has 0 fully saturated rings. The van der Waals surface area contributed by atoms with Gasteiger partial charge in [-0.3, -0.25) is 0 Å². The van der Waals surface area contributed by atoms with Crippen LogP contribution in [-0.2, 0) is 0 Å². The van der Waals surface area contributed by atoms with Gasteiger partial charge in [-0.25, -0.2) is 0 Å². The second-order valence-electron chi connectivity index (χ2n) is 3.72. The highest BCUT2D eigenvalue weighted by Gasteiger charge is 2.09. The molecule has 0 unspecified atom stereocenters. The number of hydrogen-bond acceptors (Lipinski definition) is 3. The third-order valence-corrected chi connectivity index (χ3v) is 2.37. The molecule has 0 spiro atoms. The summed E-state index contributed by atoms with van der Waals surface area (Å²) in [5.41, 5.74) is 6.87. The number of methoxy groups -OCH3 is 1. The maximum absolute atomic E-state index is 5.89. The molecular formula is C14H19NO2. The van der Waals surface area contributed by atoms with Gasteiger partial charge in [0.05, 0.1) is 13.7 Å². The molecule has 0 bridgehead atoms. The molecule has 1 atom stereocenters. The SMILES string of the molecule is CC#CCCOc1cc(OC)ccc1[C@H](C)N. The molecule has 0 radical (unpaired) electrons. The van der Waals surface area contributed by atoms with Crippen LogP contribution in [0.5, 0.6) is 11.5 Å². The quantitative estimate of drug-likeness (QED) is 0.627. The van der Waals surface area contributed by atoms with E-state index < -0.39 is 0 Å². The lowest BCUT2D eigenvalue weighted by Gasteiger charge is -2.14. The summed E-state index contributed by atoms with van der Waals surface area (Å²) in [5.74, 6) is 7.34. The fraction of sp³-hybridized carbons (Fsp3) is 0.429. The third-order valence-electron chi connectivity index (χ3n) is 2.37. The van der Waals surface area contributed by atoms with Crippen LogP contribution in [-0.4, -0.2) is 13.7 Å². The van der Waals surface area contributed by atoms with Gasteiger partial charge in [0, 0.05) is 24.1 Å². The molecule has 2 N–H and O–H groups in total. The second-order valence-corrected chi connectivity index (χ2v) is 3.72. The van der Waals surface area contributed by atoms with Crippen molar-refractivity contribution in [3.8, 4) is 23.3 Å². The molecule has 0 aromatic heterocycles. The first-order chi connectivity index (χ1) is 8.19. The first-order valence-corrected chi connectivity index (χ1v) is 5.65. The Morgan fingerprint density at radius 2 is 2.18 bits per heavy atom. The summed E-state index contributed by atoms with van der Waals surface area (Å²) in [4.78, 5) is 0. The van der Waals surface area contributed by atoms with Crippen molar-refractivity contribution in [2.75, 3.05) is 13.7 Å². The van der Waals surface area contributed by atoms with Crippen LogP contribution >= 0.6 is 0 Å². The highest BCUT2D eigenvalue weighted by molar-refractivity contribution is 5.42. The van der Waals surface area contributed by atoms with E-state index in [1.807, 2.05) is 32.0 Å². The molecule has 1 aromatic rings. The van der Waals surface area contributed by atoms with E-state index in [1.54, 1.807) is 7.11 Å². The lowest BCUT2D eigenvalue weighted by molar-refractivity contribution is 0.319. The van der Waals surface area contributed by atoms with Gasteiger partial charge in [-0.2, -0.15) is 0 Å². The number of hydrogen-bond donors (Lipinski definition) is 1. The predicted molar refractivity (Wildman–Crippen MR) is 69.2 cm³/mol. The van der Waals surface area contributed by atoms with E-state index in [9.17, 15) is 0 Å². The van der Waals surface area contributed by atoms with Crippen molar-refractivity contribution < 1.29 is 9.47 Å². The molecule has 17 heavy (non-hydrogen) atoms. The van der Waals surface area contributed by atoms with Crippen LogP contribution in [0.2, 0.25) is 0 Å². The molecule has 0 aliphatic carbocycles. The Labute approximate surface area is 103 Å². The summed E-state index contributed by atoms with van der Waals surface area (Å²) < 4.78 is 10.8. The summed E-state index contributed by atoms with van der Waals surface area (Å²) >= 11 is 0. The normalized spacial score (nSPS) is 11.3. The summed E-state index contributed by atoms with van der Waals surface area (Å²) in [7, 11) is 1.63. The number of ether oxygens (including phenoxy) is 2. The number of rotatable bonds is 5. The molecule has 1 rings (SSSR count). The molecule has 1 aromatic carbocycles. The Morgan fingerprint density at radius 1 is 1.41 bits per heavy atom. The van der Waals surface area contributed by atoms with Crippen molar-refractivity contribution in [3.63, 3.8) is 0 Å². The van der Waals surface area contributed by atoms with E-state index in [-0.39, 0.29) is 6.04 Å². The summed E-state index contributed by atoms with van der Waals surface area (Å²) in [6.45, 7) is 4.31. The first kappa shape index (κ1) is 13.4. The van der Waals surface area contributed by atoms with E-state index in [0.29, 0.717) is 13.0 Å². The predicted octanol–water partition coefficient (Wildman–Crippen LogP) is 2.51. The maximum Gasteiger partial charge on any atom is 0.127 e. The van der Waals surface area contributed by atoms with Gasteiger partial charge in [-0.15, -0.1) is 11.8 Å². The smallest absolute Gasteiger partial charge is 0.127 e. The van der Waals surface area contributed by atoms with Crippen molar-refractivity contribution in [1.29, 1.82) is 0 Å². The zero-order valence-electron chi connectivity index (χ0n) is 10.6. The van der Waals surface area contributed by atoms with Crippen LogP contribution in [0.3, 0.4) is 0 Å². The maximum atomic E-state index is 5.89. The topological polar surface area (TPSA) is 44.5 Å². The van der Waals surface area contributed by atoms with E-state index in [2.05, 4.69) is 11.8 Å². The van der Waals surface area contributed by atoms with Crippen molar-refractivity contribution in [2.24, 2.45) is 5.73 Å². The van der Waals surface area contributed by atoms with Crippen LogP contribution in [0.25, 0.3) is 0 Å². The summed E-state index contributed by atoms with van der Waals surface area (Å²) in [6, 6.07) is 5.62. The van der Waals surface area contributed by atoms with E-state index in [1.165, 1.54) is 0 Å². The fourth-order valence-corrected chi connectivity index (χ4v) is 1.48. The average molecular weight is 233 g/mol.